The predicted molar refractivity (Wildman–Crippen MR) is 105 cm³/mol. The third-order valence-corrected chi connectivity index (χ3v) is 7.08. The van der Waals surface area contributed by atoms with Gasteiger partial charge in [0.15, 0.2) is 5.78 Å². The van der Waals surface area contributed by atoms with Crippen LogP contribution in [-0.2, 0) is 14.8 Å². The van der Waals surface area contributed by atoms with Crippen molar-refractivity contribution in [1.82, 2.24) is 9.21 Å². The maximum atomic E-state index is 12.8. The Labute approximate surface area is 175 Å². The fraction of sp³-hybridized carbons (Fsp3) is 0.600. The molecule has 0 radical (unpaired) electrons. The van der Waals surface area contributed by atoms with Gasteiger partial charge < -0.3 is 4.90 Å². The van der Waals surface area contributed by atoms with E-state index >= 15 is 0 Å². The van der Waals surface area contributed by atoms with Crippen molar-refractivity contribution in [2.45, 2.75) is 50.6 Å². The van der Waals surface area contributed by atoms with E-state index in [0.717, 1.165) is 4.90 Å². The molecule has 0 bridgehead atoms. The van der Waals surface area contributed by atoms with Crippen molar-refractivity contribution < 1.29 is 31.2 Å². The second-order valence-electron chi connectivity index (χ2n) is 7.49. The maximum Gasteiger partial charge on any atom is 0.406 e. The number of halogens is 3. The Kier molecular flexibility index (Phi) is 8.04. The summed E-state index contributed by atoms with van der Waals surface area (Å²) in [4.78, 5) is 24.9. The van der Waals surface area contributed by atoms with Gasteiger partial charge in [-0.05, 0) is 38.3 Å². The van der Waals surface area contributed by atoms with E-state index in [4.69, 9.17) is 0 Å². The molecule has 1 saturated heterocycles. The standard InChI is InChI=1S/C20H27F3N2O4S/c1-3-4-11-24(14-20(21,22)23)19(27)17-9-12-25(13-10-17)30(28,29)18-7-5-16(6-8-18)15(2)26/h5-8,17H,3-4,9-14H2,1-2H3. The normalized spacial score (nSPS) is 16.4. The van der Waals surface area contributed by atoms with Gasteiger partial charge in [0.25, 0.3) is 0 Å². The first-order valence-electron chi connectivity index (χ1n) is 9.92. The monoisotopic (exact) mass is 448 g/mol. The van der Waals surface area contributed by atoms with Gasteiger partial charge in [-0.15, -0.1) is 0 Å². The molecule has 0 aromatic heterocycles. The van der Waals surface area contributed by atoms with Crippen LogP contribution in [0.2, 0.25) is 0 Å². The van der Waals surface area contributed by atoms with E-state index in [0.29, 0.717) is 18.4 Å². The Bertz CT molecular complexity index is 846. The third-order valence-electron chi connectivity index (χ3n) is 5.17. The number of benzene rings is 1. The highest BCUT2D eigenvalue weighted by molar-refractivity contribution is 7.89. The number of alkyl halides is 3. The predicted octanol–water partition coefficient (Wildman–Crippen LogP) is 3.48. The molecule has 1 heterocycles. The van der Waals surface area contributed by atoms with Crippen molar-refractivity contribution >= 4 is 21.7 Å². The van der Waals surface area contributed by atoms with Gasteiger partial charge in [0.2, 0.25) is 15.9 Å². The smallest absolute Gasteiger partial charge is 0.333 e. The molecule has 1 amide bonds. The molecule has 0 atom stereocenters. The molecule has 30 heavy (non-hydrogen) atoms. The van der Waals surface area contributed by atoms with Crippen LogP contribution in [-0.4, -0.2) is 61.7 Å². The number of ketones is 1. The lowest BCUT2D eigenvalue weighted by molar-refractivity contribution is -0.164. The molecular formula is C20H27F3N2O4S. The zero-order chi connectivity index (χ0) is 22.5. The fourth-order valence-corrected chi connectivity index (χ4v) is 4.91. The zero-order valence-corrected chi connectivity index (χ0v) is 17.9. The van der Waals surface area contributed by atoms with Crippen LogP contribution in [0.5, 0.6) is 0 Å². The van der Waals surface area contributed by atoms with Gasteiger partial charge in [0.05, 0.1) is 4.90 Å². The Morgan fingerprint density at radius 2 is 1.70 bits per heavy atom. The first-order chi connectivity index (χ1) is 14.0. The number of Topliss-reactive ketones (excluding diaryl/α,β-unsaturated/α-hetero) is 1. The topological polar surface area (TPSA) is 74.8 Å². The average molecular weight is 449 g/mol. The second-order valence-corrected chi connectivity index (χ2v) is 9.43. The van der Waals surface area contributed by atoms with Crippen LogP contribution in [0.4, 0.5) is 13.2 Å². The first kappa shape index (κ1) is 24.3. The van der Waals surface area contributed by atoms with Crippen LogP contribution in [0.3, 0.4) is 0 Å². The van der Waals surface area contributed by atoms with Gasteiger partial charge in [-0.3, -0.25) is 9.59 Å². The molecule has 6 nitrogen and oxygen atoms in total. The van der Waals surface area contributed by atoms with Crippen molar-refractivity contribution in [2.75, 3.05) is 26.2 Å². The fourth-order valence-electron chi connectivity index (χ4n) is 3.44. The summed E-state index contributed by atoms with van der Waals surface area (Å²) in [6.07, 6.45) is -2.99. The number of carbonyl (C=O) groups is 2. The van der Waals surface area contributed by atoms with Gasteiger partial charge >= 0.3 is 6.18 Å². The lowest BCUT2D eigenvalue weighted by Crippen LogP contribution is -2.47. The number of hydrogen-bond acceptors (Lipinski definition) is 4. The molecule has 2 rings (SSSR count). The van der Waals surface area contributed by atoms with Gasteiger partial charge in [0, 0.05) is 31.1 Å². The summed E-state index contributed by atoms with van der Waals surface area (Å²) in [6, 6.07) is 5.60. The van der Waals surface area contributed by atoms with Gasteiger partial charge in [-0.25, -0.2) is 8.42 Å². The molecule has 1 aliphatic heterocycles. The summed E-state index contributed by atoms with van der Waals surface area (Å²) in [7, 11) is -3.80. The molecule has 1 aliphatic rings. The molecule has 10 heteroatoms. The van der Waals surface area contributed by atoms with Crippen LogP contribution in [0.25, 0.3) is 0 Å². The number of nitrogens with zero attached hydrogens (tertiary/aromatic N) is 2. The summed E-state index contributed by atoms with van der Waals surface area (Å²) >= 11 is 0. The van der Waals surface area contributed by atoms with Crippen LogP contribution in [0.15, 0.2) is 29.2 Å². The second kappa shape index (κ2) is 9.91. The number of unbranched alkanes of at least 4 members (excludes halogenated alkanes) is 1. The summed E-state index contributed by atoms with van der Waals surface area (Å²) < 4.78 is 65.4. The highest BCUT2D eigenvalue weighted by atomic mass is 32.2. The lowest BCUT2D eigenvalue weighted by Gasteiger charge is -2.34. The molecule has 1 aromatic rings. The Balaban J connectivity index is 2.04. The average Bonchev–Trinajstić information content (AvgIpc) is 2.70. The maximum absolute atomic E-state index is 12.8. The number of piperidine rings is 1. The summed E-state index contributed by atoms with van der Waals surface area (Å²) in [5.41, 5.74) is 0.398. The minimum atomic E-state index is -4.47. The molecule has 0 unspecified atom stereocenters. The number of rotatable bonds is 8. The van der Waals surface area contributed by atoms with Crippen molar-refractivity contribution in [3.8, 4) is 0 Å². The van der Waals surface area contributed by atoms with Gasteiger partial charge in [-0.1, -0.05) is 25.5 Å². The van der Waals surface area contributed by atoms with Crippen LogP contribution >= 0.6 is 0 Å². The Morgan fingerprint density at radius 3 is 2.17 bits per heavy atom. The Hall–Kier alpha value is -1.94. The van der Waals surface area contributed by atoms with E-state index in [9.17, 15) is 31.2 Å². The SMILES string of the molecule is CCCCN(CC(F)(F)F)C(=O)C1CCN(S(=O)(=O)c2ccc(C(C)=O)cc2)CC1. The molecule has 0 spiro atoms. The van der Waals surface area contributed by atoms with Gasteiger partial charge in [0.1, 0.15) is 6.54 Å². The van der Waals surface area contributed by atoms with Crippen LogP contribution < -0.4 is 0 Å². The highest BCUT2D eigenvalue weighted by Gasteiger charge is 2.37. The number of carbonyl (C=O) groups excluding carboxylic acids is 2. The largest absolute Gasteiger partial charge is 0.406 e. The van der Waals surface area contributed by atoms with E-state index in [-0.39, 0.29) is 43.2 Å². The molecule has 1 fully saturated rings. The lowest BCUT2D eigenvalue weighted by atomic mass is 9.96. The quantitative estimate of drug-likeness (QED) is 0.571. The van der Waals surface area contributed by atoms with E-state index in [1.165, 1.54) is 35.5 Å². The van der Waals surface area contributed by atoms with Crippen LogP contribution in [0.1, 0.15) is 49.9 Å². The Morgan fingerprint density at radius 1 is 1.13 bits per heavy atom. The number of sulfonamides is 1. The van der Waals surface area contributed by atoms with E-state index < -0.39 is 34.6 Å². The number of amides is 1. The molecule has 0 N–H and O–H groups in total. The molecule has 0 aliphatic carbocycles. The highest BCUT2D eigenvalue weighted by Crippen LogP contribution is 2.27. The summed E-state index contributed by atoms with van der Waals surface area (Å²) in [6.45, 7) is 2.08. The minimum Gasteiger partial charge on any atom is -0.333 e. The van der Waals surface area contributed by atoms with Crippen molar-refractivity contribution in [3.05, 3.63) is 29.8 Å². The third kappa shape index (κ3) is 6.28. The zero-order valence-electron chi connectivity index (χ0n) is 17.1. The van der Waals surface area contributed by atoms with Crippen molar-refractivity contribution in [1.29, 1.82) is 0 Å². The molecule has 1 aromatic carbocycles. The van der Waals surface area contributed by atoms with Crippen LogP contribution in [0, 0.1) is 5.92 Å². The van der Waals surface area contributed by atoms with E-state index in [1.54, 1.807) is 0 Å². The summed E-state index contributed by atoms with van der Waals surface area (Å²) in [5, 5.41) is 0. The van der Waals surface area contributed by atoms with E-state index in [2.05, 4.69) is 0 Å². The first-order valence-corrected chi connectivity index (χ1v) is 11.4. The summed E-state index contributed by atoms with van der Waals surface area (Å²) in [5.74, 6) is -1.37. The van der Waals surface area contributed by atoms with E-state index in [1.807, 2.05) is 6.92 Å². The van der Waals surface area contributed by atoms with Crippen molar-refractivity contribution in [3.63, 3.8) is 0 Å². The molecular weight excluding hydrogens is 421 g/mol. The van der Waals surface area contributed by atoms with Gasteiger partial charge in [-0.2, -0.15) is 17.5 Å². The minimum absolute atomic E-state index is 0.0376. The number of hydrogen-bond donors (Lipinski definition) is 0. The van der Waals surface area contributed by atoms with Crippen molar-refractivity contribution in [2.24, 2.45) is 5.92 Å². The molecule has 0 saturated carbocycles. The molecule has 168 valence electrons.